The number of aryl methyl sites for hydroxylation is 1. The highest BCUT2D eigenvalue weighted by molar-refractivity contribution is 7.92. The zero-order chi connectivity index (χ0) is 15.6. The standard InChI is InChI=1S/C12H17F3N2O2S/c1-8-4-5-10(16)9(2)11(8)17-20(18,19)7-3-6-12(13,14)15/h4-5,17H,3,6-7,16H2,1-2H3. The summed E-state index contributed by atoms with van der Waals surface area (Å²) in [6.45, 7) is 3.34. The SMILES string of the molecule is Cc1ccc(N)c(C)c1NS(=O)(=O)CCCC(F)(F)F. The summed E-state index contributed by atoms with van der Waals surface area (Å²) in [7, 11) is -3.82. The van der Waals surface area contributed by atoms with Gasteiger partial charge in [-0.1, -0.05) is 6.07 Å². The van der Waals surface area contributed by atoms with Gasteiger partial charge in [-0.3, -0.25) is 4.72 Å². The Morgan fingerprint density at radius 1 is 1.25 bits per heavy atom. The number of hydrogen-bond acceptors (Lipinski definition) is 3. The van der Waals surface area contributed by atoms with Gasteiger partial charge in [0.15, 0.2) is 0 Å². The molecule has 0 spiro atoms. The van der Waals surface area contributed by atoms with Gasteiger partial charge in [-0.25, -0.2) is 8.42 Å². The molecule has 0 fully saturated rings. The molecule has 1 aromatic carbocycles. The Bertz CT molecular complexity index is 583. The van der Waals surface area contributed by atoms with Gasteiger partial charge in [0, 0.05) is 12.1 Å². The molecule has 0 heterocycles. The van der Waals surface area contributed by atoms with Crippen LogP contribution in [-0.4, -0.2) is 20.3 Å². The first-order valence-electron chi connectivity index (χ1n) is 5.95. The molecule has 0 unspecified atom stereocenters. The van der Waals surface area contributed by atoms with Crippen LogP contribution in [0.4, 0.5) is 24.5 Å². The third-order valence-corrected chi connectivity index (χ3v) is 4.19. The highest BCUT2D eigenvalue weighted by Crippen LogP contribution is 2.27. The Labute approximate surface area is 116 Å². The minimum Gasteiger partial charge on any atom is -0.398 e. The van der Waals surface area contributed by atoms with Crippen LogP contribution in [0.3, 0.4) is 0 Å². The van der Waals surface area contributed by atoms with Crippen LogP contribution in [0, 0.1) is 13.8 Å². The second kappa shape index (κ2) is 5.90. The predicted molar refractivity (Wildman–Crippen MR) is 73.0 cm³/mol. The third kappa shape index (κ3) is 4.92. The summed E-state index contributed by atoms with van der Waals surface area (Å²) in [5.41, 5.74) is 7.66. The number of rotatable bonds is 5. The molecule has 0 aliphatic heterocycles. The second-order valence-electron chi connectivity index (χ2n) is 4.61. The zero-order valence-electron chi connectivity index (χ0n) is 11.2. The fourth-order valence-electron chi connectivity index (χ4n) is 1.69. The minimum absolute atomic E-state index is 0.331. The molecule has 8 heteroatoms. The molecule has 0 saturated carbocycles. The number of nitrogens with two attached hydrogens (primary N) is 1. The molecule has 1 aromatic rings. The van der Waals surface area contributed by atoms with Crippen LogP contribution in [-0.2, 0) is 10.0 Å². The number of nitrogens with one attached hydrogen (secondary N) is 1. The van der Waals surface area contributed by atoms with Crippen molar-refractivity contribution in [1.82, 2.24) is 0 Å². The number of sulfonamides is 1. The lowest BCUT2D eigenvalue weighted by atomic mass is 10.1. The summed E-state index contributed by atoms with van der Waals surface area (Å²) >= 11 is 0. The summed E-state index contributed by atoms with van der Waals surface area (Å²) in [6, 6.07) is 3.29. The molecule has 0 bridgehead atoms. The van der Waals surface area contributed by atoms with E-state index >= 15 is 0 Å². The number of anilines is 2. The van der Waals surface area contributed by atoms with Crippen molar-refractivity contribution in [3.8, 4) is 0 Å². The van der Waals surface area contributed by atoms with Crippen molar-refractivity contribution in [2.45, 2.75) is 32.9 Å². The first-order chi connectivity index (χ1) is 9.02. The maximum atomic E-state index is 12.0. The lowest BCUT2D eigenvalue weighted by molar-refractivity contribution is -0.134. The Kier molecular flexibility index (Phi) is 4.90. The quantitative estimate of drug-likeness (QED) is 0.821. The van der Waals surface area contributed by atoms with Crippen LogP contribution >= 0.6 is 0 Å². The number of halogens is 3. The lowest BCUT2D eigenvalue weighted by Crippen LogP contribution is -2.20. The number of alkyl halides is 3. The molecule has 114 valence electrons. The highest BCUT2D eigenvalue weighted by atomic mass is 32.2. The van der Waals surface area contributed by atoms with E-state index in [9.17, 15) is 21.6 Å². The van der Waals surface area contributed by atoms with Gasteiger partial charge >= 0.3 is 6.18 Å². The molecular weight excluding hydrogens is 293 g/mol. The van der Waals surface area contributed by atoms with Crippen LogP contribution in [0.25, 0.3) is 0 Å². The van der Waals surface area contributed by atoms with E-state index in [4.69, 9.17) is 5.73 Å². The first-order valence-corrected chi connectivity index (χ1v) is 7.60. The predicted octanol–water partition coefficient (Wildman–Crippen LogP) is 2.97. The summed E-state index contributed by atoms with van der Waals surface area (Å²) in [5, 5.41) is 0. The van der Waals surface area contributed by atoms with Crippen molar-refractivity contribution in [2.75, 3.05) is 16.2 Å². The topological polar surface area (TPSA) is 72.2 Å². The van der Waals surface area contributed by atoms with Crippen molar-refractivity contribution in [3.05, 3.63) is 23.3 Å². The van der Waals surface area contributed by atoms with Crippen LogP contribution in [0.1, 0.15) is 24.0 Å². The average molecular weight is 310 g/mol. The maximum Gasteiger partial charge on any atom is 0.389 e. The maximum absolute atomic E-state index is 12.0. The Balaban J connectivity index is 2.80. The van der Waals surface area contributed by atoms with Crippen molar-refractivity contribution >= 4 is 21.4 Å². The highest BCUT2D eigenvalue weighted by Gasteiger charge is 2.27. The number of nitrogen functional groups attached to an aromatic ring is 1. The normalized spacial score (nSPS) is 12.4. The molecule has 4 nitrogen and oxygen atoms in total. The first kappa shape index (κ1) is 16.6. The smallest absolute Gasteiger partial charge is 0.389 e. The van der Waals surface area contributed by atoms with Crippen LogP contribution < -0.4 is 10.5 Å². The molecule has 0 radical (unpaired) electrons. The van der Waals surface area contributed by atoms with Gasteiger partial charge in [-0.05, 0) is 37.5 Å². The van der Waals surface area contributed by atoms with Crippen LogP contribution in [0.5, 0.6) is 0 Å². The molecular formula is C12H17F3N2O2S. The fraction of sp³-hybridized carbons (Fsp3) is 0.500. The van der Waals surface area contributed by atoms with Crippen LogP contribution in [0.15, 0.2) is 12.1 Å². The van der Waals surface area contributed by atoms with E-state index in [0.29, 0.717) is 22.5 Å². The van der Waals surface area contributed by atoms with Crippen molar-refractivity contribution in [2.24, 2.45) is 0 Å². The zero-order valence-corrected chi connectivity index (χ0v) is 12.0. The minimum atomic E-state index is -4.35. The van der Waals surface area contributed by atoms with Gasteiger partial charge in [0.25, 0.3) is 0 Å². The molecule has 3 N–H and O–H groups in total. The summed E-state index contributed by atoms with van der Waals surface area (Å²) in [5.74, 6) is -0.583. The average Bonchev–Trinajstić information content (AvgIpc) is 2.28. The summed E-state index contributed by atoms with van der Waals surface area (Å²) in [6.07, 6.45) is -5.94. The Morgan fingerprint density at radius 2 is 1.85 bits per heavy atom. The van der Waals surface area contributed by atoms with E-state index < -0.39 is 34.8 Å². The van der Waals surface area contributed by atoms with E-state index in [1.165, 1.54) is 0 Å². The van der Waals surface area contributed by atoms with E-state index in [1.54, 1.807) is 26.0 Å². The number of hydrogen-bond donors (Lipinski definition) is 2. The molecule has 20 heavy (non-hydrogen) atoms. The Hall–Kier alpha value is -1.44. The third-order valence-electron chi connectivity index (χ3n) is 2.85. The van der Waals surface area contributed by atoms with E-state index in [2.05, 4.69) is 4.72 Å². The summed E-state index contributed by atoms with van der Waals surface area (Å²) < 4.78 is 61.9. The second-order valence-corrected chi connectivity index (χ2v) is 6.45. The molecule has 0 atom stereocenters. The largest absolute Gasteiger partial charge is 0.398 e. The van der Waals surface area contributed by atoms with Crippen molar-refractivity contribution in [1.29, 1.82) is 0 Å². The van der Waals surface area contributed by atoms with Crippen LogP contribution in [0.2, 0.25) is 0 Å². The van der Waals surface area contributed by atoms with Gasteiger partial charge in [0.2, 0.25) is 10.0 Å². The molecule has 0 aliphatic rings. The van der Waals surface area contributed by atoms with Crippen molar-refractivity contribution in [3.63, 3.8) is 0 Å². The molecule has 0 amide bonds. The molecule has 0 aromatic heterocycles. The lowest BCUT2D eigenvalue weighted by Gasteiger charge is -2.15. The molecule has 0 saturated heterocycles. The monoisotopic (exact) mass is 310 g/mol. The van der Waals surface area contributed by atoms with Gasteiger partial charge in [-0.2, -0.15) is 13.2 Å². The number of benzene rings is 1. The van der Waals surface area contributed by atoms with E-state index in [-0.39, 0.29) is 0 Å². The van der Waals surface area contributed by atoms with E-state index in [0.717, 1.165) is 0 Å². The molecule has 0 aliphatic carbocycles. The van der Waals surface area contributed by atoms with Gasteiger partial charge in [0.05, 0.1) is 11.4 Å². The van der Waals surface area contributed by atoms with Crippen molar-refractivity contribution < 1.29 is 21.6 Å². The summed E-state index contributed by atoms with van der Waals surface area (Å²) in [4.78, 5) is 0. The molecule has 1 rings (SSSR count). The van der Waals surface area contributed by atoms with Gasteiger partial charge < -0.3 is 5.73 Å². The van der Waals surface area contributed by atoms with Gasteiger partial charge in [0.1, 0.15) is 0 Å². The Morgan fingerprint density at radius 3 is 2.40 bits per heavy atom. The van der Waals surface area contributed by atoms with Gasteiger partial charge in [-0.15, -0.1) is 0 Å². The van der Waals surface area contributed by atoms with E-state index in [1.807, 2.05) is 0 Å². The fourth-order valence-corrected chi connectivity index (χ4v) is 2.94.